The monoisotopic (exact) mass is 249 g/mol. The predicted molar refractivity (Wildman–Crippen MR) is 72.5 cm³/mol. The molecule has 1 atom stereocenters. The fourth-order valence-electron chi connectivity index (χ4n) is 2.44. The topological polar surface area (TPSA) is 21.3 Å². The summed E-state index contributed by atoms with van der Waals surface area (Å²) in [5.74, 6) is 3.55. The third-order valence-electron chi connectivity index (χ3n) is 3.70. The molecule has 0 amide bonds. The van der Waals surface area contributed by atoms with Crippen molar-refractivity contribution in [3.05, 3.63) is 29.3 Å². The number of ether oxygens (including phenoxy) is 1. The van der Waals surface area contributed by atoms with Crippen molar-refractivity contribution in [3.8, 4) is 5.75 Å². The quantitative estimate of drug-likeness (QED) is 0.890. The van der Waals surface area contributed by atoms with Crippen LogP contribution in [0.2, 0.25) is 0 Å². The second-order valence-electron chi connectivity index (χ2n) is 5.44. The lowest BCUT2D eigenvalue weighted by molar-refractivity contribution is 0.186. The second-order valence-corrected chi connectivity index (χ2v) is 6.54. The van der Waals surface area contributed by atoms with Crippen molar-refractivity contribution in [2.24, 2.45) is 5.41 Å². The molecule has 0 bridgehead atoms. The van der Waals surface area contributed by atoms with Crippen molar-refractivity contribution in [3.63, 3.8) is 0 Å². The van der Waals surface area contributed by atoms with Gasteiger partial charge in [0.05, 0.1) is 6.61 Å². The summed E-state index contributed by atoms with van der Waals surface area (Å²) < 4.78 is 5.98. The number of hydrogen-bond donors (Lipinski definition) is 1. The van der Waals surface area contributed by atoms with E-state index in [1.54, 1.807) is 0 Å². The summed E-state index contributed by atoms with van der Waals surface area (Å²) in [7, 11) is 0. The maximum Gasteiger partial charge on any atom is 0.119 e. The summed E-state index contributed by atoms with van der Waals surface area (Å²) in [5, 5.41) is 3.36. The van der Waals surface area contributed by atoms with Gasteiger partial charge in [0.1, 0.15) is 5.75 Å². The van der Waals surface area contributed by atoms with Gasteiger partial charge in [-0.2, -0.15) is 11.8 Å². The highest BCUT2D eigenvalue weighted by Gasteiger charge is 2.30. The number of benzene rings is 1. The van der Waals surface area contributed by atoms with Crippen LogP contribution in [-0.4, -0.2) is 18.1 Å². The molecule has 2 heterocycles. The third kappa shape index (κ3) is 2.45. The number of nitrogens with one attached hydrogen (secondary N) is 1. The van der Waals surface area contributed by atoms with E-state index in [0.29, 0.717) is 5.41 Å². The molecule has 1 aromatic rings. The van der Waals surface area contributed by atoms with Crippen LogP contribution in [-0.2, 0) is 13.1 Å². The Bertz CT molecular complexity index is 413. The van der Waals surface area contributed by atoms with Gasteiger partial charge >= 0.3 is 0 Å². The van der Waals surface area contributed by atoms with E-state index in [0.717, 1.165) is 25.4 Å². The molecule has 0 spiro atoms. The van der Waals surface area contributed by atoms with Gasteiger partial charge < -0.3 is 10.1 Å². The molecule has 0 aromatic heterocycles. The lowest BCUT2D eigenvalue weighted by Crippen LogP contribution is -2.24. The van der Waals surface area contributed by atoms with Crippen LogP contribution in [0, 0.1) is 5.41 Å². The first-order valence-corrected chi connectivity index (χ1v) is 7.44. The van der Waals surface area contributed by atoms with Crippen LogP contribution in [0.15, 0.2) is 18.2 Å². The van der Waals surface area contributed by atoms with Crippen molar-refractivity contribution in [1.82, 2.24) is 5.32 Å². The normalized spacial score (nSPS) is 27.1. The molecule has 1 N–H and O–H groups in total. The summed E-state index contributed by atoms with van der Waals surface area (Å²) in [6, 6.07) is 6.49. The zero-order valence-electron chi connectivity index (χ0n) is 10.3. The Balaban J connectivity index is 1.65. The molecule has 92 valence electrons. The summed E-state index contributed by atoms with van der Waals surface area (Å²) >= 11 is 2.05. The van der Waals surface area contributed by atoms with Gasteiger partial charge in [0, 0.05) is 24.3 Å². The van der Waals surface area contributed by atoms with E-state index in [1.807, 2.05) is 11.8 Å². The highest BCUT2D eigenvalue weighted by atomic mass is 32.2. The zero-order valence-corrected chi connectivity index (χ0v) is 11.1. The van der Waals surface area contributed by atoms with Gasteiger partial charge in [-0.15, -0.1) is 0 Å². The minimum Gasteiger partial charge on any atom is -0.493 e. The van der Waals surface area contributed by atoms with E-state index in [4.69, 9.17) is 4.74 Å². The van der Waals surface area contributed by atoms with E-state index < -0.39 is 0 Å². The van der Waals surface area contributed by atoms with Gasteiger partial charge in [-0.25, -0.2) is 0 Å². The first-order chi connectivity index (χ1) is 8.25. The van der Waals surface area contributed by atoms with E-state index in [2.05, 4.69) is 30.4 Å². The first-order valence-electron chi connectivity index (χ1n) is 6.28. The molecular formula is C14H19NOS. The molecule has 2 nitrogen and oxygen atoms in total. The standard InChI is InChI=1S/C14H19NOS/c1-14(4-5-17-10-14)9-16-13-3-2-11-7-15-8-12(11)6-13/h2-3,6,15H,4-5,7-10H2,1H3. The third-order valence-corrected chi connectivity index (χ3v) is 5.09. The van der Waals surface area contributed by atoms with Crippen molar-refractivity contribution in [1.29, 1.82) is 0 Å². The largest absolute Gasteiger partial charge is 0.493 e. The highest BCUT2D eigenvalue weighted by molar-refractivity contribution is 7.99. The minimum absolute atomic E-state index is 0.377. The van der Waals surface area contributed by atoms with Crippen LogP contribution >= 0.6 is 11.8 Å². The van der Waals surface area contributed by atoms with E-state index in [1.165, 1.54) is 29.1 Å². The van der Waals surface area contributed by atoms with E-state index in [-0.39, 0.29) is 0 Å². The molecule has 1 saturated heterocycles. The predicted octanol–water partition coefficient (Wildman–Crippen LogP) is 2.81. The molecule has 0 aliphatic carbocycles. The Kier molecular flexibility index (Phi) is 3.05. The van der Waals surface area contributed by atoms with Crippen LogP contribution in [0.4, 0.5) is 0 Å². The van der Waals surface area contributed by atoms with Gasteiger partial charge in [0.15, 0.2) is 0 Å². The summed E-state index contributed by atoms with van der Waals surface area (Å²) in [5.41, 5.74) is 3.19. The van der Waals surface area contributed by atoms with Gasteiger partial charge in [-0.3, -0.25) is 0 Å². The Labute approximate surface area is 107 Å². The number of hydrogen-bond acceptors (Lipinski definition) is 3. The highest BCUT2D eigenvalue weighted by Crippen LogP contribution is 2.36. The molecule has 2 aliphatic rings. The van der Waals surface area contributed by atoms with Gasteiger partial charge in [0.2, 0.25) is 0 Å². The molecule has 3 heteroatoms. The Morgan fingerprint density at radius 3 is 3.06 bits per heavy atom. The van der Waals surface area contributed by atoms with Crippen LogP contribution in [0.5, 0.6) is 5.75 Å². The molecule has 1 fully saturated rings. The van der Waals surface area contributed by atoms with E-state index >= 15 is 0 Å². The molecular weight excluding hydrogens is 230 g/mol. The molecule has 0 saturated carbocycles. The Morgan fingerprint density at radius 2 is 2.24 bits per heavy atom. The first kappa shape index (κ1) is 11.4. The summed E-state index contributed by atoms with van der Waals surface area (Å²) in [6.45, 7) is 5.18. The van der Waals surface area contributed by atoms with Crippen LogP contribution < -0.4 is 10.1 Å². The van der Waals surface area contributed by atoms with Gasteiger partial charge in [-0.1, -0.05) is 13.0 Å². The number of thioether (sulfide) groups is 1. The smallest absolute Gasteiger partial charge is 0.119 e. The maximum atomic E-state index is 5.98. The van der Waals surface area contributed by atoms with Crippen molar-refractivity contribution in [2.45, 2.75) is 26.4 Å². The molecule has 17 heavy (non-hydrogen) atoms. The molecule has 1 unspecified atom stereocenters. The van der Waals surface area contributed by atoms with Crippen LogP contribution in [0.3, 0.4) is 0 Å². The fourth-order valence-corrected chi connectivity index (χ4v) is 3.94. The SMILES string of the molecule is CC1(COc2ccc3c(c2)CNC3)CCSC1. The van der Waals surface area contributed by atoms with Crippen molar-refractivity contribution >= 4 is 11.8 Å². The number of rotatable bonds is 3. The van der Waals surface area contributed by atoms with Gasteiger partial charge in [0.25, 0.3) is 0 Å². The summed E-state index contributed by atoms with van der Waals surface area (Å²) in [4.78, 5) is 0. The zero-order chi connectivity index (χ0) is 11.7. The summed E-state index contributed by atoms with van der Waals surface area (Å²) in [6.07, 6.45) is 1.28. The fraction of sp³-hybridized carbons (Fsp3) is 0.571. The number of fused-ring (bicyclic) bond motifs is 1. The second kappa shape index (κ2) is 4.54. The molecule has 1 aromatic carbocycles. The Morgan fingerprint density at radius 1 is 1.35 bits per heavy atom. The minimum atomic E-state index is 0.377. The average molecular weight is 249 g/mol. The molecule has 3 rings (SSSR count). The van der Waals surface area contributed by atoms with Crippen molar-refractivity contribution < 1.29 is 4.74 Å². The van der Waals surface area contributed by atoms with Crippen LogP contribution in [0.1, 0.15) is 24.5 Å². The average Bonchev–Trinajstić information content (AvgIpc) is 2.95. The Hall–Kier alpha value is -0.670. The van der Waals surface area contributed by atoms with Crippen LogP contribution in [0.25, 0.3) is 0 Å². The lowest BCUT2D eigenvalue weighted by atomic mass is 9.92. The maximum absolute atomic E-state index is 5.98. The van der Waals surface area contributed by atoms with E-state index in [9.17, 15) is 0 Å². The molecule has 2 aliphatic heterocycles. The lowest BCUT2D eigenvalue weighted by Gasteiger charge is -2.22. The van der Waals surface area contributed by atoms with Gasteiger partial charge in [-0.05, 0) is 35.4 Å². The molecule has 0 radical (unpaired) electrons. The van der Waals surface area contributed by atoms with Crippen molar-refractivity contribution in [2.75, 3.05) is 18.1 Å².